The van der Waals surface area contributed by atoms with Crippen molar-refractivity contribution in [2.45, 2.75) is 31.4 Å². The molecule has 0 radical (unpaired) electrons. The summed E-state index contributed by atoms with van der Waals surface area (Å²) in [5, 5.41) is 9.13. The van der Waals surface area contributed by atoms with E-state index in [1.807, 2.05) is 11.8 Å². The topological polar surface area (TPSA) is 37.3 Å². The summed E-state index contributed by atoms with van der Waals surface area (Å²) >= 11 is 1.96. The van der Waals surface area contributed by atoms with Crippen LogP contribution >= 0.6 is 11.8 Å². The van der Waals surface area contributed by atoms with Gasteiger partial charge < -0.3 is 5.11 Å². The van der Waals surface area contributed by atoms with E-state index in [9.17, 15) is 4.79 Å². The maximum Gasteiger partial charge on any atom is 0.303 e. The number of carbonyl (C=O) groups is 1. The fourth-order valence-corrected chi connectivity index (χ4v) is 2.82. The highest BCUT2D eigenvalue weighted by molar-refractivity contribution is 8.00. The van der Waals surface area contributed by atoms with Gasteiger partial charge in [-0.15, -0.1) is 0 Å². The van der Waals surface area contributed by atoms with Gasteiger partial charge in [0, 0.05) is 11.7 Å². The van der Waals surface area contributed by atoms with Gasteiger partial charge in [0.2, 0.25) is 0 Å². The van der Waals surface area contributed by atoms with Crippen molar-refractivity contribution in [1.29, 1.82) is 0 Å². The van der Waals surface area contributed by atoms with Gasteiger partial charge in [-0.25, -0.2) is 0 Å². The molecule has 0 bridgehead atoms. The summed E-state index contributed by atoms with van der Waals surface area (Å²) < 4.78 is 0. The summed E-state index contributed by atoms with van der Waals surface area (Å²) in [6, 6.07) is 0. The molecule has 0 aromatic rings. The van der Waals surface area contributed by atoms with Gasteiger partial charge in [-0.05, 0) is 24.5 Å². The summed E-state index contributed by atoms with van der Waals surface area (Å²) in [4.78, 5) is 10.3. The molecule has 0 amide bonds. The Hall–Kier alpha value is -0.180. The molecule has 3 heteroatoms. The predicted octanol–water partition coefficient (Wildman–Crippen LogP) is 1.99. The molecule has 1 fully saturated rings. The molecule has 1 rings (SSSR count). The minimum Gasteiger partial charge on any atom is -0.481 e. The molecule has 11 heavy (non-hydrogen) atoms. The Kier molecular flexibility index (Phi) is 3.24. The van der Waals surface area contributed by atoms with E-state index >= 15 is 0 Å². The molecular weight excluding hydrogens is 160 g/mol. The lowest BCUT2D eigenvalue weighted by atomic mass is 9.98. The minimum absolute atomic E-state index is 0.343. The molecule has 1 heterocycles. The van der Waals surface area contributed by atoms with Crippen LogP contribution in [-0.2, 0) is 4.79 Å². The van der Waals surface area contributed by atoms with Crippen LogP contribution in [0, 0.1) is 5.92 Å². The van der Waals surface area contributed by atoms with Crippen molar-refractivity contribution < 1.29 is 9.90 Å². The lowest BCUT2D eigenvalue weighted by Gasteiger charge is -2.11. The van der Waals surface area contributed by atoms with Crippen LogP contribution in [0.1, 0.15) is 26.2 Å². The number of aliphatic carboxylic acids is 1. The molecule has 2 atom stereocenters. The Labute approximate surface area is 71.4 Å². The number of rotatable bonds is 3. The molecule has 2 unspecified atom stereocenters. The third-order valence-corrected chi connectivity index (χ3v) is 3.64. The lowest BCUT2D eigenvalue weighted by molar-refractivity contribution is -0.137. The lowest BCUT2D eigenvalue weighted by Crippen LogP contribution is -2.09. The van der Waals surface area contributed by atoms with Gasteiger partial charge in [0.25, 0.3) is 0 Å². The number of carboxylic acid groups (broad SMARTS) is 1. The van der Waals surface area contributed by atoms with E-state index in [0.717, 1.165) is 6.42 Å². The van der Waals surface area contributed by atoms with E-state index in [1.165, 1.54) is 12.2 Å². The molecule has 0 saturated carbocycles. The molecule has 64 valence electrons. The van der Waals surface area contributed by atoms with Crippen molar-refractivity contribution in [3.8, 4) is 0 Å². The summed E-state index contributed by atoms with van der Waals surface area (Å²) in [6.45, 7) is 2.20. The normalized spacial score (nSPS) is 30.6. The first-order valence-electron chi connectivity index (χ1n) is 4.03. The fraction of sp³-hybridized carbons (Fsp3) is 0.875. The third kappa shape index (κ3) is 2.73. The smallest absolute Gasteiger partial charge is 0.303 e. The fourth-order valence-electron chi connectivity index (χ4n) is 1.46. The largest absolute Gasteiger partial charge is 0.481 e. The molecule has 2 nitrogen and oxygen atoms in total. The van der Waals surface area contributed by atoms with Gasteiger partial charge in [-0.2, -0.15) is 11.8 Å². The quantitative estimate of drug-likeness (QED) is 0.711. The first-order valence-corrected chi connectivity index (χ1v) is 5.08. The van der Waals surface area contributed by atoms with E-state index in [0.29, 0.717) is 17.6 Å². The van der Waals surface area contributed by atoms with Crippen molar-refractivity contribution in [3.63, 3.8) is 0 Å². The van der Waals surface area contributed by atoms with Crippen LogP contribution in [0.25, 0.3) is 0 Å². The van der Waals surface area contributed by atoms with Gasteiger partial charge in [0.1, 0.15) is 0 Å². The SMILES string of the molecule is CC1SCCC1CCC(=O)O. The Bertz CT molecular complexity index is 147. The Morgan fingerprint density at radius 2 is 2.45 bits per heavy atom. The van der Waals surface area contributed by atoms with Gasteiger partial charge >= 0.3 is 5.97 Å². The predicted molar refractivity (Wildman–Crippen MR) is 46.9 cm³/mol. The molecule has 1 aliphatic heterocycles. The van der Waals surface area contributed by atoms with Crippen molar-refractivity contribution in [2.75, 3.05) is 5.75 Å². The molecule has 0 aromatic heterocycles. The van der Waals surface area contributed by atoms with Gasteiger partial charge in [0.05, 0.1) is 0 Å². The zero-order chi connectivity index (χ0) is 8.27. The molecule has 1 aliphatic rings. The number of thioether (sulfide) groups is 1. The van der Waals surface area contributed by atoms with Crippen LogP contribution in [0.2, 0.25) is 0 Å². The van der Waals surface area contributed by atoms with Crippen molar-refractivity contribution in [1.82, 2.24) is 0 Å². The Morgan fingerprint density at radius 1 is 1.73 bits per heavy atom. The maximum atomic E-state index is 10.3. The average Bonchev–Trinajstić information content (AvgIpc) is 2.31. The molecule has 0 aromatic carbocycles. The summed E-state index contributed by atoms with van der Waals surface area (Å²) in [6.07, 6.45) is 2.41. The van der Waals surface area contributed by atoms with Crippen LogP contribution in [0.4, 0.5) is 0 Å². The first kappa shape index (κ1) is 8.91. The number of carboxylic acids is 1. The number of hydrogen-bond acceptors (Lipinski definition) is 2. The van der Waals surface area contributed by atoms with Crippen LogP contribution < -0.4 is 0 Å². The first-order chi connectivity index (χ1) is 5.20. The van der Waals surface area contributed by atoms with Crippen LogP contribution in [0.5, 0.6) is 0 Å². The van der Waals surface area contributed by atoms with Crippen molar-refractivity contribution >= 4 is 17.7 Å². The van der Waals surface area contributed by atoms with Crippen LogP contribution in [0.15, 0.2) is 0 Å². The van der Waals surface area contributed by atoms with Crippen LogP contribution in [0.3, 0.4) is 0 Å². The second-order valence-corrected chi connectivity index (χ2v) is 4.54. The summed E-state index contributed by atoms with van der Waals surface area (Å²) in [5.74, 6) is 1.20. The molecule has 1 N–H and O–H groups in total. The van der Waals surface area contributed by atoms with E-state index in [4.69, 9.17) is 5.11 Å². The van der Waals surface area contributed by atoms with E-state index in [2.05, 4.69) is 6.92 Å². The van der Waals surface area contributed by atoms with E-state index < -0.39 is 5.97 Å². The Balaban J connectivity index is 2.20. The highest BCUT2D eigenvalue weighted by Gasteiger charge is 2.23. The molecule has 1 saturated heterocycles. The van der Waals surface area contributed by atoms with Crippen molar-refractivity contribution in [2.24, 2.45) is 5.92 Å². The molecule has 0 aliphatic carbocycles. The van der Waals surface area contributed by atoms with Gasteiger partial charge in [0.15, 0.2) is 0 Å². The highest BCUT2D eigenvalue weighted by atomic mass is 32.2. The summed E-state index contributed by atoms with van der Waals surface area (Å²) in [5.41, 5.74) is 0. The standard InChI is InChI=1S/C8H14O2S/c1-6-7(4-5-11-6)2-3-8(9)10/h6-7H,2-5H2,1H3,(H,9,10). The second-order valence-electron chi connectivity index (χ2n) is 3.06. The monoisotopic (exact) mass is 174 g/mol. The van der Waals surface area contributed by atoms with Gasteiger partial charge in [-0.1, -0.05) is 6.92 Å². The Morgan fingerprint density at radius 3 is 2.91 bits per heavy atom. The maximum absolute atomic E-state index is 10.3. The zero-order valence-corrected chi connectivity index (χ0v) is 7.56. The minimum atomic E-state index is -0.658. The van der Waals surface area contributed by atoms with Crippen LogP contribution in [-0.4, -0.2) is 22.1 Å². The third-order valence-electron chi connectivity index (χ3n) is 2.26. The average molecular weight is 174 g/mol. The van der Waals surface area contributed by atoms with E-state index in [1.54, 1.807) is 0 Å². The van der Waals surface area contributed by atoms with E-state index in [-0.39, 0.29) is 0 Å². The molecular formula is C8H14O2S. The second kappa shape index (κ2) is 4.00. The highest BCUT2D eigenvalue weighted by Crippen LogP contribution is 2.34. The van der Waals surface area contributed by atoms with Gasteiger partial charge in [-0.3, -0.25) is 4.79 Å². The zero-order valence-electron chi connectivity index (χ0n) is 6.75. The van der Waals surface area contributed by atoms with Crippen molar-refractivity contribution in [3.05, 3.63) is 0 Å². The summed E-state index contributed by atoms with van der Waals surface area (Å²) in [7, 11) is 0. The molecule has 0 spiro atoms. The number of hydrogen-bond donors (Lipinski definition) is 1.